The van der Waals surface area contributed by atoms with Crippen LogP contribution in [0, 0.1) is 0 Å². The molecule has 1 atom stereocenters. The topological polar surface area (TPSA) is 20.3 Å². The van der Waals surface area contributed by atoms with Gasteiger partial charge in [-0.3, -0.25) is 4.79 Å². The van der Waals surface area contributed by atoms with Crippen LogP contribution >= 0.6 is 23.7 Å². The van der Waals surface area contributed by atoms with E-state index in [1.54, 1.807) is 17.4 Å². The molecular formula is C19H22ClNOS. The molecule has 0 saturated carbocycles. The molecule has 3 rings (SSSR count). The molecule has 0 amide bonds. The Labute approximate surface area is 148 Å². The van der Waals surface area contributed by atoms with Crippen LogP contribution < -0.4 is 0 Å². The number of ketones is 1. The molecule has 2 aromatic rings. The third-order valence-corrected chi connectivity index (χ3v) is 5.02. The van der Waals surface area contributed by atoms with Crippen LogP contribution in [0.1, 0.15) is 35.6 Å². The fraction of sp³-hybridized carbons (Fsp3) is 0.316. The minimum absolute atomic E-state index is 0. The first-order chi connectivity index (χ1) is 10.8. The van der Waals surface area contributed by atoms with Crippen LogP contribution in [0.2, 0.25) is 0 Å². The molecule has 0 N–H and O–H groups in total. The fourth-order valence-corrected chi connectivity index (χ4v) is 3.77. The highest BCUT2D eigenvalue weighted by Crippen LogP contribution is 2.29. The van der Waals surface area contributed by atoms with Gasteiger partial charge in [0.15, 0.2) is 5.78 Å². The van der Waals surface area contributed by atoms with E-state index >= 15 is 0 Å². The van der Waals surface area contributed by atoms with Gasteiger partial charge in [-0.05, 0) is 42.3 Å². The molecular weight excluding hydrogens is 326 g/mol. The first-order valence-corrected chi connectivity index (χ1v) is 8.77. The van der Waals surface area contributed by atoms with Crippen LogP contribution in [0.5, 0.6) is 0 Å². The third-order valence-electron chi connectivity index (χ3n) is 4.09. The quantitative estimate of drug-likeness (QED) is 0.719. The molecule has 0 radical (unpaired) electrons. The number of thiophene rings is 1. The van der Waals surface area contributed by atoms with Gasteiger partial charge in [-0.25, -0.2) is 0 Å². The van der Waals surface area contributed by atoms with E-state index in [4.69, 9.17) is 0 Å². The monoisotopic (exact) mass is 347 g/mol. The number of hydrogen-bond donors (Lipinski definition) is 0. The van der Waals surface area contributed by atoms with E-state index in [2.05, 4.69) is 11.0 Å². The molecule has 122 valence electrons. The zero-order chi connectivity index (χ0) is 15.2. The summed E-state index contributed by atoms with van der Waals surface area (Å²) < 4.78 is 0. The molecule has 2 nitrogen and oxygen atoms in total. The summed E-state index contributed by atoms with van der Waals surface area (Å²) in [5.74, 6) is -0.0125. The maximum atomic E-state index is 12.8. The maximum Gasteiger partial charge on any atom is 0.169 e. The summed E-state index contributed by atoms with van der Waals surface area (Å²) in [5.41, 5.74) is 1.07. The predicted molar refractivity (Wildman–Crippen MR) is 99.4 cm³/mol. The van der Waals surface area contributed by atoms with Crippen molar-refractivity contribution in [3.8, 4) is 0 Å². The van der Waals surface area contributed by atoms with Crippen LogP contribution in [0.25, 0.3) is 0 Å². The summed E-state index contributed by atoms with van der Waals surface area (Å²) in [6.45, 7) is 2.14. The van der Waals surface area contributed by atoms with Gasteiger partial charge in [0.05, 0.1) is 5.92 Å². The maximum absolute atomic E-state index is 12.8. The van der Waals surface area contributed by atoms with E-state index in [9.17, 15) is 4.79 Å². The van der Waals surface area contributed by atoms with E-state index in [1.165, 1.54) is 19.3 Å². The summed E-state index contributed by atoms with van der Waals surface area (Å²) in [6, 6.07) is 14.1. The first kappa shape index (κ1) is 17.8. The number of nitrogens with zero attached hydrogens (tertiary/aromatic N) is 1. The van der Waals surface area contributed by atoms with Gasteiger partial charge in [-0.2, -0.15) is 0 Å². The Hall–Kier alpha value is -1.58. The number of likely N-dealkylation sites (tertiary alicyclic amines) is 1. The molecule has 1 aromatic heterocycles. The van der Waals surface area contributed by atoms with Gasteiger partial charge in [-0.1, -0.05) is 36.4 Å². The number of carbonyl (C=O) groups excluding carboxylic acids is 1. The van der Waals surface area contributed by atoms with Gasteiger partial charge in [0.25, 0.3) is 0 Å². The molecule has 0 aliphatic carbocycles. The van der Waals surface area contributed by atoms with Gasteiger partial charge in [0, 0.05) is 24.2 Å². The highest BCUT2D eigenvalue weighted by molar-refractivity contribution is 7.10. The molecule has 1 aromatic carbocycles. The minimum atomic E-state index is -0.178. The van der Waals surface area contributed by atoms with Crippen LogP contribution in [0.15, 0.2) is 60.1 Å². The second-order valence-corrected chi connectivity index (χ2v) is 6.65. The minimum Gasteiger partial charge on any atom is -0.377 e. The van der Waals surface area contributed by atoms with Gasteiger partial charge in [0.2, 0.25) is 0 Å². The molecule has 2 heterocycles. The third kappa shape index (κ3) is 4.69. The van der Waals surface area contributed by atoms with Gasteiger partial charge in [0.1, 0.15) is 0 Å². The van der Waals surface area contributed by atoms with Crippen molar-refractivity contribution in [2.24, 2.45) is 0 Å². The zero-order valence-corrected chi connectivity index (χ0v) is 14.7. The lowest BCUT2D eigenvalue weighted by molar-refractivity contribution is -0.115. The van der Waals surface area contributed by atoms with Gasteiger partial charge >= 0.3 is 0 Å². The average Bonchev–Trinajstić information content (AvgIpc) is 3.09. The van der Waals surface area contributed by atoms with E-state index < -0.39 is 0 Å². The van der Waals surface area contributed by atoms with E-state index in [0.717, 1.165) is 23.5 Å². The molecule has 0 spiro atoms. The molecule has 1 aliphatic rings. The van der Waals surface area contributed by atoms with E-state index in [-0.39, 0.29) is 24.1 Å². The predicted octanol–water partition coefficient (Wildman–Crippen LogP) is 4.87. The largest absolute Gasteiger partial charge is 0.377 e. The Morgan fingerprint density at radius 2 is 1.78 bits per heavy atom. The highest BCUT2D eigenvalue weighted by Gasteiger charge is 2.21. The summed E-state index contributed by atoms with van der Waals surface area (Å²) >= 11 is 1.65. The second-order valence-electron chi connectivity index (χ2n) is 5.67. The number of halogens is 1. The summed E-state index contributed by atoms with van der Waals surface area (Å²) in [4.78, 5) is 16.2. The van der Waals surface area contributed by atoms with Crippen molar-refractivity contribution < 1.29 is 4.79 Å². The smallest absolute Gasteiger partial charge is 0.169 e. The number of piperidine rings is 1. The second kappa shape index (κ2) is 8.90. The molecule has 1 aliphatic heterocycles. The Bertz CT molecular complexity index is 618. The number of carbonyl (C=O) groups is 1. The SMILES string of the molecule is Cl.O=C(C=CN1CCCCC1)C(c1ccccc1)c1cccs1. The normalized spacial score (nSPS) is 16.1. The molecule has 1 unspecified atom stereocenters. The number of allylic oxidation sites excluding steroid dienone is 1. The number of rotatable bonds is 5. The molecule has 1 saturated heterocycles. The lowest BCUT2D eigenvalue weighted by Gasteiger charge is -2.24. The summed E-state index contributed by atoms with van der Waals surface area (Å²) in [6.07, 6.45) is 7.52. The van der Waals surface area contributed by atoms with Gasteiger partial charge in [-0.15, -0.1) is 23.7 Å². The van der Waals surface area contributed by atoms with Crippen molar-refractivity contribution in [2.75, 3.05) is 13.1 Å². The number of benzene rings is 1. The highest BCUT2D eigenvalue weighted by atomic mass is 35.5. The van der Waals surface area contributed by atoms with Crippen LogP contribution in [0.4, 0.5) is 0 Å². The van der Waals surface area contributed by atoms with Crippen LogP contribution in [-0.2, 0) is 4.79 Å². The Morgan fingerprint density at radius 1 is 1.04 bits per heavy atom. The van der Waals surface area contributed by atoms with Crippen molar-refractivity contribution in [1.29, 1.82) is 0 Å². The van der Waals surface area contributed by atoms with Crippen LogP contribution in [0.3, 0.4) is 0 Å². The lowest BCUT2D eigenvalue weighted by atomic mass is 9.93. The van der Waals surface area contributed by atoms with Crippen molar-refractivity contribution in [1.82, 2.24) is 4.90 Å². The van der Waals surface area contributed by atoms with Crippen molar-refractivity contribution in [2.45, 2.75) is 25.2 Å². The Kier molecular flexibility index (Phi) is 6.87. The van der Waals surface area contributed by atoms with Crippen molar-refractivity contribution in [3.05, 3.63) is 70.6 Å². The van der Waals surface area contributed by atoms with E-state index in [1.807, 2.05) is 48.0 Å². The van der Waals surface area contributed by atoms with Gasteiger partial charge < -0.3 is 4.90 Å². The molecule has 4 heteroatoms. The number of hydrogen-bond acceptors (Lipinski definition) is 3. The standard InChI is InChI=1S/C19H21NOS.ClH/c21-17(11-14-20-12-5-2-6-13-20)19(18-10-7-15-22-18)16-8-3-1-4-9-16;/h1,3-4,7-11,14-15,19H,2,5-6,12-13H2;1H. The summed E-state index contributed by atoms with van der Waals surface area (Å²) in [5, 5.41) is 2.03. The zero-order valence-electron chi connectivity index (χ0n) is 13.1. The molecule has 23 heavy (non-hydrogen) atoms. The Morgan fingerprint density at radius 3 is 2.43 bits per heavy atom. The van der Waals surface area contributed by atoms with E-state index in [0.29, 0.717) is 0 Å². The molecule has 1 fully saturated rings. The average molecular weight is 348 g/mol. The Balaban J connectivity index is 0.00000192. The first-order valence-electron chi connectivity index (χ1n) is 7.89. The van der Waals surface area contributed by atoms with Crippen molar-refractivity contribution in [3.63, 3.8) is 0 Å². The fourth-order valence-electron chi connectivity index (χ4n) is 2.91. The molecule has 0 bridgehead atoms. The lowest BCUT2D eigenvalue weighted by Crippen LogP contribution is -2.24. The van der Waals surface area contributed by atoms with Crippen molar-refractivity contribution >= 4 is 29.5 Å². The van der Waals surface area contributed by atoms with Crippen LogP contribution in [-0.4, -0.2) is 23.8 Å². The summed E-state index contributed by atoms with van der Waals surface area (Å²) in [7, 11) is 0.